The first-order valence-corrected chi connectivity index (χ1v) is 12.3. The topological polar surface area (TPSA) is 81.5 Å². The standard InChI is InChI=1S/C26H27N5O3S/c1-4-30-13-12-21-23(16-30)35-26(27-21)28-25(32)20-15-31(17-8-6-5-7-9-17)29-24(20)19-11-10-18(33-2)14-22(19)34-3/h5-11,14-15H,4,12-13,16H2,1-3H3,(H,27,28,32). The van der Waals surface area contributed by atoms with Crippen LogP contribution in [0, 0.1) is 0 Å². The van der Waals surface area contributed by atoms with Gasteiger partial charge in [0.25, 0.3) is 5.91 Å². The summed E-state index contributed by atoms with van der Waals surface area (Å²) >= 11 is 1.54. The number of fused-ring (bicyclic) bond motifs is 1. The zero-order valence-electron chi connectivity index (χ0n) is 19.9. The molecule has 0 unspecified atom stereocenters. The molecule has 4 aromatic rings. The molecule has 180 valence electrons. The van der Waals surface area contributed by atoms with E-state index >= 15 is 0 Å². The first kappa shape index (κ1) is 23.1. The molecule has 1 aliphatic rings. The van der Waals surface area contributed by atoms with E-state index in [1.807, 2.05) is 42.5 Å². The minimum absolute atomic E-state index is 0.265. The summed E-state index contributed by atoms with van der Waals surface area (Å²) in [5.41, 5.74) is 3.58. The molecule has 5 rings (SSSR count). The van der Waals surface area contributed by atoms with Gasteiger partial charge in [0.15, 0.2) is 5.13 Å². The fourth-order valence-corrected chi connectivity index (χ4v) is 5.23. The van der Waals surface area contributed by atoms with Gasteiger partial charge in [0.05, 0.1) is 31.2 Å². The molecule has 1 aliphatic heterocycles. The number of hydrogen-bond donors (Lipinski definition) is 1. The molecule has 0 saturated heterocycles. The first-order chi connectivity index (χ1) is 17.1. The van der Waals surface area contributed by atoms with Gasteiger partial charge < -0.3 is 9.47 Å². The molecule has 0 spiro atoms. The molecule has 8 nitrogen and oxygen atoms in total. The molecule has 2 aromatic heterocycles. The van der Waals surface area contributed by atoms with Crippen molar-refractivity contribution >= 4 is 22.4 Å². The third-order valence-electron chi connectivity index (χ3n) is 6.12. The Balaban J connectivity index is 1.52. The number of hydrogen-bond acceptors (Lipinski definition) is 7. The van der Waals surface area contributed by atoms with Gasteiger partial charge in [-0.15, -0.1) is 11.3 Å². The molecule has 2 aromatic carbocycles. The highest BCUT2D eigenvalue weighted by Crippen LogP contribution is 2.35. The average molecular weight is 490 g/mol. The Morgan fingerprint density at radius 2 is 1.97 bits per heavy atom. The van der Waals surface area contributed by atoms with Crippen LogP contribution < -0.4 is 14.8 Å². The maximum atomic E-state index is 13.5. The van der Waals surface area contributed by atoms with Gasteiger partial charge in [0.2, 0.25) is 0 Å². The Hall–Kier alpha value is -3.69. The predicted octanol–water partition coefficient (Wildman–Crippen LogP) is 4.64. The number of benzene rings is 2. The molecule has 0 fully saturated rings. The number of para-hydroxylation sites is 1. The lowest BCUT2D eigenvalue weighted by Crippen LogP contribution is -2.29. The first-order valence-electron chi connectivity index (χ1n) is 11.5. The Morgan fingerprint density at radius 3 is 2.71 bits per heavy atom. The van der Waals surface area contributed by atoms with Gasteiger partial charge in [0, 0.05) is 42.2 Å². The van der Waals surface area contributed by atoms with Crippen LogP contribution in [0.1, 0.15) is 27.9 Å². The van der Waals surface area contributed by atoms with E-state index in [-0.39, 0.29) is 5.91 Å². The van der Waals surface area contributed by atoms with Crippen molar-refractivity contribution in [2.24, 2.45) is 0 Å². The van der Waals surface area contributed by atoms with E-state index in [0.717, 1.165) is 37.4 Å². The third-order valence-corrected chi connectivity index (χ3v) is 7.12. The predicted molar refractivity (Wildman–Crippen MR) is 137 cm³/mol. The number of nitrogens with one attached hydrogen (secondary N) is 1. The molecule has 1 N–H and O–H groups in total. The van der Waals surface area contributed by atoms with E-state index in [1.165, 1.54) is 4.88 Å². The highest BCUT2D eigenvalue weighted by Gasteiger charge is 2.24. The van der Waals surface area contributed by atoms with Crippen LogP contribution >= 0.6 is 11.3 Å². The van der Waals surface area contributed by atoms with Crippen molar-refractivity contribution in [1.29, 1.82) is 0 Å². The van der Waals surface area contributed by atoms with E-state index in [1.54, 1.807) is 42.5 Å². The monoisotopic (exact) mass is 489 g/mol. The molecular formula is C26H27N5O3S. The number of aromatic nitrogens is 3. The normalized spacial score (nSPS) is 13.3. The summed E-state index contributed by atoms with van der Waals surface area (Å²) in [4.78, 5) is 21.8. The van der Waals surface area contributed by atoms with Crippen LogP contribution in [-0.2, 0) is 13.0 Å². The summed E-state index contributed by atoms with van der Waals surface area (Å²) < 4.78 is 12.7. The Morgan fingerprint density at radius 1 is 1.14 bits per heavy atom. The zero-order chi connectivity index (χ0) is 24.4. The second-order valence-electron chi connectivity index (χ2n) is 8.20. The second-order valence-corrected chi connectivity index (χ2v) is 9.28. The van der Waals surface area contributed by atoms with Crippen LogP contribution in [0.3, 0.4) is 0 Å². The van der Waals surface area contributed by atoms with Gasteiger partial charge in [-0.3, -0.25) is 15.0 Å². The maximum absolute atomic E-state index is 13.5. The second kappa shape index (κ2) is 9.89. The summed E-state index contributed by atoms with van der Waals surface area (Å²) in [6.45, 7) is 5.03. The quantitative estimate of drug-likeness (QED) is 0.407. The van der Waals surface area contributed by atoms with Crippen LogP contribution in [0.15, 0.2) is 54.7 Å². The van der Waals surface area contributed by atoms with Crippen molar-refractivity contribution in [3.63, 3.8) is 0 Å². The average Bonchev–Trinajstić information content (AvgIpc) is 3.52. The van der Waals surface area contributed by atoms with Crippen LogP contribution in [0.5, 0.6) is 11.5 Å². The molecule has 0 radical (unpaired) electrons. The molecule has 0 atom stereocenters. The molecule has 1 amide bonds. The molecule has 3 heterocycles. The molecule has 0 saturated carbocycles. The summed E-state index contributed by atoms with van der Waals surface area (Å²) in [6.07, 6.45) is 2.64. The molecule has 35 heavy (non-hydrogen) atoms. The maximum Gasteiger partial charge on any atom is 0.261 e. The van der Waals surface area contributed by atoms with Gasteiger partial charge in [-0.25, -0.2) is 9.67 Å². The molecule has 9 heteroatoms. The number of rotatable bonds is 7. The molecular weight excluding hydrogens is 462 g/mol. The van der Waals surface area contributed by atoms with Crippen molar-refractivity contribution in [3.05, 3.63) is 70.9 Å². The van der Waals surface area contributed by atoms with Crippen molar-refractivity contribution in [2.75, 3.05) is 32.6 Å². The van der Waals surface area contributed by atoms with Gasteiger partial charge >= 0.3 is 0 Å². The van der Waals surface area contributed by atoms with E-state index in [2.05, 4.69) is 17.1 Å². The van der Waals surface area contributed by atoms with E-state index in [4.69, 9.17) is 19.6 Å². The zero-order valence-corrected chi connectivity index (χ0v) is 20.8. The minimum atomic E-state index is -0.265. The van der Waals surface area contributed by atoms with Gasteiger partial charge in [-0.2, -0.15) is 5.10 Å². The highest BCUT2D eigenvalue weighted by atomic mass is 32.1. The summed E-state index contributed by atoms with van der Waals surface area (Å²) in [5, 5.41) is 8.40. The number of carbonyl (C=O) groups excluding carboxylic acids is 1. The largest absolute Gasteiger partial charge is 0.497 e. The smallest absolute Gasteiger partial charge is 0.261 e. The van der Waals surface area contributed by atoms with Crippen molar-refractivity contribution in [3.8, 4) is 28.4 Å². The lowest BCUT2D eigenvalue weighted by atomic mass is 10.1. The van der Waals surface area contributed by atoms with Gasteiger partial charge in [-0.05, 0) is 30.8 Å². The Labute approximate surface area is 208 Å². The number of nitrogens with zero attached hydrogens (tertiary/aromatic N) is 4. The number of ether oxygens (including phenoxy) is 2. The van der Waals surface area contributed by atoms with Crippen LogP contribution in [-0.4, -0.2) is 52.9 Å². The number of likely N-dealkylation sites (N-methyl/N-ethyl adjacent to an activating group) is 1. The van der Waals surface area contributed by atoms with Crippen LogP contribution in [0.25, 0.3) is 16.9 Å². The van der Waals surface area contributed by atoms with E-state index < -0.39 is 0 Å². The fourth-order valence-electron chi connectivity index (χ4n) is 4.18. The van der Waals surface area contributed by atoms with Crippen LogP contribution in [0.2, 0.25) is 0 Å². The number of amides is 1. The summed E-state index contributed by atoms with van der Waals surface area (Å²) in [7, 11) is 3.19. The number of thiazole rings is 1. The highest BCUT2D eigenvalue weighted by molar-refractivity contribution is 7.15. The van der Waals surface area contributed by atoms with Gasteiger partial charge in [0.1, 0.15) is 17.2 Å². The summed E-state index contributed by atoms with van der Waals surface area (Å²) in [5.74, 6) is 0.966. The minimum Gasteiger partial charge on any atom is -0.497 e. The SMILES string of the molecule is CCN1CCc2nc(NC(=O)c3cn(-c4ccccc4)nc3-c3ccc(OC)cc3OC)sc2C1. The van der Waals surface area contributed by atoms with Gasteiger partial charge in [-0.1, -0.05) is 25.1 Å². The summed E-state index contributed by atoms with van der Waals surface area (Å²) in [6, 6.07) is 15.2. The van der Waals surface area contributed by atoms with Crippen molar-refractivity contribution < 1.29 is 14.3 Å². The van der Waals surface area contributed by atoms with Crippen LogP contribution in [0.4, 0.5) is 5.13 Å². The number of methoxy groups -OCH3 is 2. The fraction of sp³-hybridized carbons (Fsp3) is 0.269. The lowest BCUT2D eigenvalue weighted by Gasteiger charge is -2.23. The molecule has 0 bridgehead atoms. The van der Waals surface area contributed by atoms with E-state index in [9.17, 15) is 4.79 Å². The lowest BCUT2D eigenvalue weighted by molar-refractivity contribution is 0.102. The van der Waals surface area contributed by atoms with E-state index in [0.29, 0.717) is 33.5 Å². The Bertz CT molecular complexity index is 1350. The van der Waals surface area contributed by atoms with Crippen molar-refractivity contribution in [2.45, 2.75) is 19.9 Å². The van der Waals surface area contributed by atoms with Crippen molar-refractivity contribution in [1.82, 2.24) is 19.7 Å². The number of carbonyl (C=O) groups is 1. The Kier molecular flexibility index (Phi) is 6.52. The number of anilines is 1. The third kappa shape index (κ3) is 4.65. The molecule has 0 aliphatic carbocycles.